The highest BCUT2D eigenvalue weighted by Gasteiger charge is 2.20. The minimum Gasteiger partial charge on any atom is -0.302 e. The van der Waals surface area contributed by atoms with Crippen molar-refractivity contribution in [2.24, 2.45) is 0 Å². The molecule has 0 aliphatic heterocycles. The van der Waals surface area contributed by atoms with Gasteiger partial charge in [0, 0.05) is 22.3 Å². The molecule has 2 unspecified atom stereocenters. The summed E-state index contributed by atoms with van der Waals surface area (Å²) in [5.41, 5.74) is 0. The molecule has 0 spiro atoms. The van der Waals surface area contributed by atoms with Crippen LogP contribution in [0.15, 0.2) is 10.6 Å². The Hall–Kier alpha value is 0.580. The van der Waals surface area contributed by atoms with Crippen molar-refractivity contribution in [3.63, 3.8) is 0 Å². The zero-order chi connectivity index (χ0) is 12.6. The monoisotopic (exact) mass is 310 g/mol. The number of halogens is 2. The Morgan fingerprint density at radius 3 is 2.62 bits per heavy atom. The van der Waals surface area contributed by atoms with Crippen molar-refractivity contribution >= 4 is 41.8 Å². The molecule has 0 fully saturated rings. The lowest BCUT2D eigenvalue weighted by Gasteiger charge is -2.10. The van der Waals surface area contributed by atoms with Gasteiger partial charge in [0.1, 0.15) is 4.49 Å². The fraction of sp³-hybridized carbons (Fsp3) is 0.714. The van der Waals surface area contributed by atoms with Crippen molar-refractivity contribution in [3.8, 4) is 0 Å². The highest BCUT2D eigenvalue weighted by molar-refractivity contribution is 7.84. The van der Waals surface area contributed by atoms with Crippen LogP contribution in [0.4, 0.5) is 0 Å². The predicted molar refractivity (Wildman–Crippen MR) is 65.1 cm³/mol. The minimum absolute atomic E-state index is 0.0629. The summed E-state index contributed by atoms with van der Waals surface area (Å²) in [4.78, 5) is 9.11. The summed E-state index contributed by atoms with van der Waals surface area (Å²) >= 11 is 10.5. The Kier molecular flexibility index (Phi) is 8.95. The minimum atomic E-state index is -4.11. The van der Waals surface area contributed by atoms with Gasteiger partial charge in [-0.3, -0.25) is 13.3 Å². The number of phosphoric ester groups is 1. The predicted octanol–water partition coefficient (Wildman–Crippen LogP) is 2.21. The van der Waals surface area contributed by atoms with Crippen LogP contribution in [0.2, 0.25) is 0 Å². The Bertz CT molecular complexity index is 305. The van der Waals surface area contributed by atoms with Gasteiger partial charge in [0.25, 0.3) is 0 Å². The van der Waals surface area contributed by atoms with Gasteiger partial charge in [-0.1, -0.05) is 30.1 Å². The van der Waals surface area contributed by atoms with Gasteiger partial charge < -0.3 is 4.89 Å². The average Bonchev–Trinajstić information content (AvgIpc) is 2.16. The maximum Gasteiger partial charge on any atom is 0.472 e. The molecule has 2 atom stereocenters. The van der Waals surface area contributed by atoms with E-state index in [2.05, 4.69) is 9.05 Å². The quantitative estimate of drug-likeness (QED) is 0.696. The molecule has 0 aromatic carbocycles. The van der Waals surface area contributed by atoms with Crippen LogP contribution in [0.25, 0.3) is 0 Å². The van der Waals surface area contributed by atoms with Crippen molar-refractivity contribution in [2.75, 3.05) is 24.7 Å². The lowest BCUT2D eigenvalue weighted by Crippen LogP contribution is -2.07. The summed E-state index contributed by atoms with van der Waals surface area (Å²) in [6, 6.07) is 0. The molecule has 0 rings (SSSR count). The van der Waals surface area contributed by atoms with Crippen molar-refractivity contribution in [2.45, 2.75) is 6.92 Å². The standard InChI is InChI=1S/C7H13Cl2O5PS/c1-2-16(12)6-5-14-15(10,11)13-4-3-7(8)9/h3H,2,4-6H2,1H3,(H,10,11). The molecule has 96 valence electrons. The Morgan fingerprint density at radius 1 is 1.50 bits per heavy atom. The van der Waals surface area contributed by atoms with Crippen LogP contribution < -0.4 is 0 Å². The molecule has 16 heavy (non-hydrogen) atoms. The zero-order valence-electron chi connectivity index (χ0n) is 8.60. The maximum atomic E-state index is 11.2. The molecule has 0 saturated carbocycles. The van der Waals surface area contributed by atoms with Crippen molar-refractivity contribution in [1.29, 1.82) is 0 Å². The molecule has 0 aliphatic rings. The Morgan fingerprint density at radius 2 is 2.12 bits per heavy atom. The smallest absolute Gasteiger partial charge is 0.302 e. The fourth-order valence-corrected chi connectivity index (χ4v) is 2.09. The van der Waals surface area contributed by atoms with Gasteiger partial charge in [-0.25, -0.2) is 4.57 Å². The first kappa shape index (κ1) is 16.6. The number of rotatable bonds is 8. The van der Waals surface area contributed by atoms with E-state index < -0.39 is 18.6 Å². The van der Waals surface area contributed by atoms with Gasteiger partial charge in [-0.2, -0.15) is 0 Å². The highest BCUT2D eigenvalue weighted by atomic mass is 35.5. The van der Waals surface area contributed by atoms with Gasteiger partial charge in [0.15, 0.2) is 0 Å². The number of hydrogen-bond donors (Lipinski definition) is 1. The van der Waals surface area contributed by atoms with E-state index in [0.29, 0.717) is 5.75 Å². The third kappa shape index (κ3) is 9.78. The van der Waals surface area contributed by atoms with Crippen LogP contribution in [0.3, 0.4) is 0 Å². The van der Waals surface area contributed by atoms with E-state index in [1.165, 1.54) is 6.08 Å². The molecule has 1 N–H and O–H groups in total. The van der Waals surface area contributed by atoms with Gasteiger partial charge in [-0.15, -0.1) is 0 Å². The molecular weight excluding hydrogens is 298 g/mol. The van der Waals surface area contributed by atoms with Crippen LogP contribution in [0.1, 0.15) is 6.92 Å². The molecule has 0 aromatic rings. The summed E-state index contributed by atoms with van der Waals surface area (Å²) in [7, 11) is -5.15. The van der Waals surface area contributed by atoms with Crippen LogP contribution in [-0.4, -0.2) is 33.8 Å². The van der Waals surface area contributed by atoms with Crippen LogP contribution in [0.5, 0.6) is 0 Å². The topological polar surface area (TPSA) is 72.8 Å². The zero-order valence-corrected chi connectivity index (χ0v) is 11.8. The third-order valence-electron chi connectivity index (χ3n) is 1.36. The maximum absolute atomic E-state index is 11.2. The Balaban J connectivity index is 3.83. The molecule has 0 amide bonds. The van der Waals surface area contributed by atoms with E-state index in [1.807, 2.05) is 0 Å². The van der Waals surface area contributed by atoms with Crippen LogP contribution in [-0.2, 0) is 24.4 Å². The first-order valence-electron chi connectivity index (χ1n) is 4.35. The summed E-state index contributed by atoms with van der Waals surface area (Å²) in [5, 5.41) is 0. The second kappa shape index (κ2) is 8.64. The van der Waals surface area contributed by atoms with E-state index in [-0.39, 0.29) is 23.5 Å². The van der Waals surface area contributed by atoms with Gasteiger partial charge in [0.2, 0.25) is 0 Å². The molecular formula is C7H13Cl2O5PS. The molecule has 0 saturated heterocycles. The molecule has 0 bridgehead atoms. The first-order chi connectivity index (χ1) is 7.37. The molecule has 0 aromatic heterocycles. The van der Waals surface area contributed by atoms with Crippen molar-refractivity contribution < 1.29 is 22.7 Å². The SMILES string of the molecule is CCS(=O)CCOP(=O)(O)OCC=C(Cl)Cl. The summed E-state index contributed by atoms with van der Waals surface area (Å²) in [6.45, 7) is 1.41. The average molecular weight is 311 g/mol. The van der Waals surface area contributed by atoms with Gasteiger partial charge in [-0.05, 0) is 6.08 Å². The largest absolute Gasteiger partial charge is 0.472 e. The van der Waals surface area contributed by atoms with Gasteiger partial charge >= 0.3 is 7.82 Å². The van der Waals surface area contributed by atoms with Gasteiger partial charge in [0.05, 0.1) is 13.2 Å². The summed E-state index contributed by atoms with van der Waals surface area (Å²) in [5.74, 6) is 0.668. The Labute approximate surface area is 107 Å². The van der Waals surface area contributed by atoms with E-state index in [1.54, 1.807) is 6.92 Å². The van der Waals surface area contributed by atoms with E-state index in [4.69, 9.17) is 28.1 Å². The molecule has 9 heteroatoms. The molecule has 0 radical (unpaired) electrons. The third-order valence-corrected chi connectivity index (χ3v) is 3.92. The van der Waals surface area contributed by atoms with Crippen molar-refractivity contribution in [1.82, 2.24) is 0 Å². The lowest BCUT2D eigenvalue weighted by molar-refractivity contribution is 0.168. The number of hydrogen-bond acceptors (Lipinski definition) is 4. The summed E-state index contributed by atoms with van der Waals surface area (Å²) < 4.78 is 31.1. The van der Waals surface area contributed by atoms with E-state index in [9.17, 15) is 8.77 Å². The normalized spacial score (nSPS) is 16.5. The van der Waals surface area contributed by atoms with Crippen molar-refractivity contribution in [3.05, 3.63) is 10.6 Å². The van der Waals surface area contributed by atoms with Crippen LogP contribution >= 0.6 is 31.0 Å². The van der Waals surface area contributed by atoms with E-state index in [0.717, 1.165) is 0 Å². The van der Waals surface area contributed by atoms with Crippen LogP contribution in [0, 0.1) is 0 Å². The second-order valence-corrected chi connectivity index (χ2v) is 6.85. The number of phosphoric acid groups is 1. The highest BCUT2D eigenvalue weighted by Crippen LogP contribution is 2.42. The van der Waals surface area contributed by atoms with E-state index >= 15 is 0 Å². The second-order valence-electron chi connectivity index (χ2n) is 2.52. The lowest BCUT2D eigenvalue weighted by atomic mass is 10.7. The molecule has 0 heterocycles. The first-order valence-corrected chi connectivity index (χ1v) is 8.09. The fourth-order valence-electron chi connectivity index (χ4n) is 0.622. The molecule has 0 aliphatic carbocycles. The molecule has 5 nitrogen and oxygen atoms in total. The summed E-state index contributed by atoms with van der Waals surface area (Å²) in [6.07, 6.45) is 1.21.